The number of hydrogen-bond acceptors (Lipinski definition) is 4. The largest absolute Gasteiger partial charge is 0.458 e. The van der Waals surface area contributed by atoms with Gasteiger partial charge in [-0.05, 0) is 40.2 Å². The number of nitrogens with one attached hydrogen (secondary N) is 1. The number of carbonyl (C=O) groups is 1. The average Bonchev–Trinajstić information content (AvgIpc) is 2.02. The maximum absolute atomic E-state index is 11.6. The summed E-state index contributed by atoms with van der Waals surface area (Å²) in [6, 6.07) is 0. The normalized spacial score (nSPS) is 28.6. The van der Waals surface area contributed by atoms with Crippen LogP contribution in [0.2, 0.25) is 0 Å². The van der Waals surface area contributed by atoms with Gasteiger partial charge in [-0.1, -0.05) is 0 Å². The van der Waals surface area contributed by atoms with Crippen molar-refractivity contribution in [1.29, 1.82) is 0 Å². The molecule has 1 rings (SSSR count). The van der Waals surface area contributed by atoms with E-state index in [0.29, 0.717) is 13.0 Å². The lowest BCUT2D eigenvalue weighted by atomic mass is 9.94. The van der Waals surface area contributed by atoms with Gasteiger partial charge < -0.3 is 15.2 Å². The van der Waals surface area contributed by atoms with Crippen molar-refractivity contribution in [3.05, 3.63) is 0 Å². The van der Waals surface area contributed by atoms with Gasteiger partial charge in [-0.3, -0.25) is 0 Å². The molecule has 0 unspecified atom stereocenters. The van der Waals surface area contributed by atoms with E-state index in [1.54, 1.807) is 20.8 Å². The Labute approximate surface area is 84.6 Å². The number of rotatable bonds is 1. The minimum atomic E-state index is -1.33. The molecule has 0 aromatic heterocycles. The lowest BCUT2D eigenvalue weighted by Crippen LogP contribution is -2.53. The highest BCUT2D eigenvalue weighted by Crippen LogP contribution is 2.20. The summed E-state index contributed by atoms with van der Waals surface area (Å²) in [6.07, 6.45) is 1.28. The Morgan fingerprint density at radius 3 is 2.57 bits per heavy atom. The van der Waals surface area contributed by atoms with Gasteiger partial charge in [0.05, 0.1) is 0 Å². The van der Waals surface area contributed by atoms with E-state index in [1.165, 1.54) is 0 Å². The number of ether oxygens (including phenoxy) is 1. The van der Waals surface area contributed by atoms with Gasteiger partial charge in [0.2, 0.25) is 0 Å². The summed E-state index contributed by atoms with van der Waals surface area (Å²) in [7, 11) is 0. The topological polar surface area (TPSA) is 58.6 Å². The van der Waals surface area contributed by atoms with Crippen LogP contribution in [-0.4, -0.2) is 35.4 Å². The SMILES string of the molecule is CC(C)(C)OC(=O)[C@]1(O)CCCNC1. The second-order valence-corrected chi connectivity index (χ2v) is 4.81. The van der Waals surface area contributed by atoms with Gasteiger partial charge in [-0.15, -0.1) is 0 Å². The number of hydrogen-bond donors (Lipinski definition) is 2. The fraction of sp³-hybridized carbons (Fsp3) is 0.900. The molecular formula is C10H19NO3. The van der Waals surface area contributed by atoms with Crippen LogP contribution in [0.15, 0.2) is 0 Å². The quantitative estimate of drug-likeness (QED) is 0.604. The monoisotopic (exact) mass is 201 g/mol. The Bertz CT molecular complexity index is 214. The highest BCUT2D eigenvalue weighted by Gasteiger charge is 2.40. The molecule has 14 heavy (non-hydrogen) atoms. The van der Waals surface area contributed by atoms with Crippen LogP contribution in [-0.2, 0) is 9.53 Å². The van der Waals surface area contributed by atoms with Crippen molar-refractivity contribution in [2.45, 2.75) is 44.8 Å². The third-order valence-corrected chi connectivity index (χ3v) is 2.14. The number of piperidine rings is 1. The Kier molecular flexibility index (Phi) is 3.17. The summed E-state index contributed by atoms with van der Waals surface area (Å²) in [6.45, 7) is 6.53. The first-order chi connectivity index (χ1) is 6.33. The summed E-state index contributed by atoms with van der Waals surface area (Å²) in [4.78, 5) is 11.6. The van der Waals surface area contributed by atoms with E-state index in [4.69, 9.17) is 4.74 Å². The number of aliphatic hydroxyl groups is 1. The van der Waals surface area contributed by atoms with Crippen LogP contribution < -0.4 is 5.32 Å². The van der Waals surface area contributed by atoms with Crippen LogP contribution >= 0.6 is 0 Å². The first kappa shape index (κ1) is 11.5. The molecule has 4 nitrogen and oxygen atoms in total. The molecule has 1 aliphatic rings. The number of esters is 1. The average molecular weight is 201 g/mol. The van der Waals surface area contributed by atoms with Crippen LogP contribution in [0.1, 0.15) is 33.6 Å². The van der Waals surface area contributed by atoms with E-state index < -0.39 is 17.2 Å². The molecule has 1 heterocycles. The highest BCUT2D eigenvalue weighted by molar-refractivity contribution is 5.80. The van der Waals surface area contributed by atoms with Crippen molar-refractivity contribution in [1.82, 2.24) is 5.32 Å². The van der Waals surface area contributed by atoms with E-state index in [-0.39, 0.29) is 0 Å². The summed E-state index contributed by atoms with van der Waals surface area (Å²) in [5, 5.41) is 13.0. The summed E-state index contributed by atoms with van der Waals surface area (Å²) >= 11 is 0. The molecule has 82 valence electrons. The molecular weight excluding hydrogens is 182 g/mol. The maximum atomic E-state index is 11.6. The zero-order valence-corrected chi connectivity index (χ0v) is 9.09. The predicted octanol–water partition coefficient (Wildman–Crippen LogP) is 0.443. The van der Waals surface area contributed by atoms with Crippen LogP contribution in [0.4, 0.5) is 0 Å². The van der Waals surface area contributed by atoms with Gasteiger partial charge in [0.25, 0.3) is 0 Å². The second kappa shape index (κ2) is 3.87. The van der Waals surface area contributed by atoms with Crippen LogP contribution in [0, 0.1) is 0 Å². The van der Waals surface area contributed by atoms with Crippen LogP contribution in [0.3, 0.4) is 0 Å². The minimum absolute atomic E-state index is 0.294. The van der Waals surface area contributed by atoms with E-state index in [1.807, 2.05) is 0 Å². The first-order valence-corrected chi connectivity index (χ1v) is 5.00. The summed E-state index contributed by atoms with van der Waals surface area (Å²) < 4.78 is 5.15. The smallest absolute Gasteiger partial charge is 0.339 e. The van der Waals surface area contributed by atoms with Gasteiger partial charge in [0.15, 0.2) is 5.60 Å². The van der Waals surface area contributed by atoms with Gasteiger partial charge in [0, 0.05) is 6.54 Å². The lowest BCUT2D eigenvalue weighted by Gasteiger charge is -2.33. The molecule has 2 N–H and O–H groups in total. The van der Waals surface area contributed by atoms with E-state index in [0.717, 1.165) is 13.0 Å². The molecule has 1 atom stereocenters. The van der Waals surface area contributed by atoms with E-state index in [9.17, 15) is 9.90 Å². The van der Waals surface area contributed by atoms with Crippen molar-refractivity contribution < 1.29 is 14.6 Å². The molecule has 0 spiro atoms. The van der Waals surface area contributed by atoms with E-state index in [2.05, 4.69) is 5.32 Å². The Hall–Kier alpha value is -0.610. The second-order valence-electron chi connectivity index (χ2n) is 4.81. The third kappa shape index (κ3) is 2.96. The van der Waals surface area contributed by atoms with Crippen LogP contribution in [0.5, 0.6) is 0 Å². The molecule has 1 saturated heterocycles. The molecule has 4 heteroatoms. The van der Waals surface area contributed by atoms with Crippen molar-refractivity contribution >= 4 is 5.97 Å². The van der Waals surface area contributed by atoms with Gasteiger partial charge >= 0.3 is 5.97 Å². The first-order valence-electron chi connectivity index (χ1n) is 5.00. The van der Waals surface area contributed by atoms with Crippen molar-refractivity contribution in [2.75, 3.05) is 13.1 Å². The summed E-state index contributed by atoms with van der Waals surface area (Å²) in [5.41, 5.74) is -1.87. The highest BCUT2D eigenvalue weighted by atomic mass is 16.6. The Balaban J connectivity index is 2.58. The molecule has 0 aromatic rings. The third-order valence-electron chi connectivity index (χ3n) is 2.14. The molecule has 0 aromatic carbocycles. The fourth-order valence-corrected chi connectivity index (χ4v) is 1.44. The van der Waals surface area contributed by atoms with Crippen LogP contribution in [0.25, 0.3) is 0 Å². The molecule has 0 saturated carbocycles. The van der Waals surface area contributed by atoms with Crippen molar-refractivity contribution in [2.24, 2.45) is 0 Å². The molecule has 1 aliphatic heterocycles. The minimum Gasteiger partial charge on any atom is -0.458 e. The molecule has 0 aliphatic carbocycles. The Morgan fingerprint density at radius 1 is 1.50 bits per heavy atom. The van der Waals surface area contributed by atoms with Gasteiger partial charge in [-0.25, -0.2) is 4.79 Å². The number of carbonyl (C=O) groups excluding carboxylic acids is 1. The van der Waals surface area contributed by atoms with Gasteiger partial charge in [0.1, 0.15) is 5.60 Å². The predicted molar refractivity (Wildman–Crippen MR) is 52.9 cm³/mol. The molecule has 0 amide bonds. The van der Waals surface area contributed by atoms with Gasteiger partial charge in [-0.2, -0.15) is 0 Å². The van der Waals surface area contributed by atoms with Crippen molar-refractivity contribution in [3.8, 4) is 0 Å². The van der Waals surface area contributed by atoms with Crippen molar-refractivity contribution in [3.63, 3.8) is 0 Å². The number of β-amino-alcohol motifs (C(OH)–C–C–N with tert-alkyl or cyclic N) is 1. The lowest BCUT2D eigenvalue weighted by molar-refractivity contribution is -0.178. The van der Waals surface area contributed by atoms with E-state index >= 15 is 0 Å². The standard InChI is InChI=1S/C10H19NO3/c1-9(2,3)14-8(12)10(13)5-4-6-11-7-10/h11,13H,4-7H2,1-3H3/t10-/m0/s1. The molecule has 0 radical (unpaired) electrons. The maximum Gasteiger partial charge on any atom is 0.339 e. The zero-order valence-electron chi connectivity index (χ0n) is 9.09. The zero-order chi connectivity index (χ0) is 10.8. The molecule has 0 bridgehead atoms. The molecule has 1 fully saturated rings. The fourth-order valence-electron chi connectivity index (χ4n) is 1.44. The summed E-state index contributed by atoms with van der Waals surface area (Å²) in [5.74, 6) is -0.516. The Morgan fingerprint density at radius 2 is 2.14 bits per heavy atom.